The standard InChI is InChI=1S/C22H24N4O3/c1-26(9-11-28-2)10-12-29-16-7-8-17-15(13-16)14-20(23-17)21-22(27)25-19-6-4-3-5-18(19)24-21/h3-8,13-14,23H,9-12H2,1-2H3,(H,25,27). The first-order valence-corrected chi connectivity index (χ1v) is 9.56. The zero-order valence-electron chi connectivity index (χ0n) is 16.6. The van der Waals surface area contributed by atoms with Gasteiger partial charge in [-0.05, 0) is 43.4 Å². The van der Waals surface area contributed by atoms with Crippen LogP contribution in [0.15, 0.2) is 53.3 Å². The lowest BCUT2D eigenvalue weighted by Gasteiger charge is -2.16. The maximum atomic E-state index is 12.5. The van der Waals surface area contributed by atoms with E-state index in [-0.39, 0.29) is 5.56 Å². The molecule has 150 valence electrons. The second-order valence-electron chi connectivity index (χ2n) is 7.01. The lowest BCUT2D eigenvalue weighted by Crippen LogP contribution is -2.27. The van der Waals surface area contributed by atoms with Crippen LogP contribution >= 0.6 is 0 Å². The van der Waals surface area contributed by atoms with Crippen LogP contribution in [0.5, 0.6) is 5.75 Å². The van der Waals surface area contributed by atoms with E-state index in [4.69, 9.17) is 9.47 Å². The van der Waals surface area contributed by atoms with Gasteiger partial charge in [-0.3, -0.25) is 4.79 Å². The Balaban J connectivity index is 1.53. The van der Waals surface area contributed by atoms with Crippen molar-refractivity contribution in [2.75, 3.05) is 40.5 Å². The number of hydrogen-bond donors (Lipinski definition) is 2. The molecule has 0 aliphatic rings. The number of nitrogens with one attached hydrogen (secondary N) is 2. The van der Waals surface area contributed by atoms with E-state index in [0.29, 0.717) is 24.6 Å². The fourth-order valence-electron chi connectivity index (χ4n) is 3.22. The maximum absolute atomic E-state index is 12.5. The molecule has 2 aromatic carbocycles. The van der Waals surface area contributed by atoms with Crippen molar-refractivity contribution in [1.82, 2.24) is 19.9 Å². The number of hydrogen-bond acceptors (Lipinski definition) is 5. The summed E-state index contributed by atoms with van der Waals surface area (Å²) in [5, 5.41) is 0.972. The highest BCUT2D eigenvalue weighted by Gasteiger charge is 2.11. The monoisotopic (exact) mass is 392 g/mol. The Morgan fingerprint density at radius 1 is 1.00 bits per heavy atom. The first kappa shape index (κ1) is 19.2. The van der Waals surface area contributed by atoms with Crippen LogP contribution in [0.4, 0.5) is 0 Å². The number of ether oxygens (including phenoxy) is 2. The molecule has 0 unspecified atom stereocenters. The van der Waals surface area contributed by atoms with Gasteiger partial charge in [-0.1, -0.05) is 12.1 Å². The minimum atomic E-state index is -0.217. The highest BCUT2D eigenvalue weighted by atomic mass is 16.5. The van der Waals surface area contributed by atoms with Gasteiger partial charge in [-0.25, -0.2) is 4.98 Å². The van der Waals surface area contributed by atoms with Crippen LogP contribution in [0, 0.1) is 0 Å². The maximum Gasteiger partial charge on any atom is 0.276 e. The van der Waals surface area contributed by atoms with E-state index in [9.17, 15) is 4.79 Å². The van der Waals surface area contributed by atoms with Crippen LogP contribution in [0.25, 0.3) is 33.3 Å². The zero-order chi connectivity index (χ0) is 20.2. The Morgan fingerprint density at radius 3 is 2.69 bits per heavy atom. The van der Waals surface area contributed by atoms with Gasteiger partial charge in [0.1, 0.15) is 12.4 Å². The van der Waals surface area contributed by atoms with Crippen molar-refractivity contribution in [1.29, 1.82) is 0 Å². The van der Waals surface area contributed by atoms with Gasteiger partial charge in [0.05, 0.1) is 23.3 Å². The summed E-state index contributed by atoms with van der Waals surface area (Å²) < 4.78 is 11.0. The number of likely N-dealkylation sites (N-methyl/N-ethyl adjacent to an activating group) is 1. The smallest absolute Gasteiger partial charge is 0.276 e. The fourth-order valence-corrected chi connectivity index (χ4v) is 3.22. The number of rotatable bonds is 8. The minimum absolute atomic E-state index is 0.217. The predicted octanol–water partition coefficient (Wildman–Crippen LogP) is 3.03. The molecule has 2 aromatic heterocycles. The van der Waals surface area contributed by atoms with Crippen molar-refractivity contribution < 1.29 is 9.47 Å². The lowest BCUT2D eigenvalue weighted by atomic mass is 10.2. The molecule has 4 rings (SSSR count). The van der Waals surface area contributed by atoms with E-state index in [2.05, 4.69) is 19.9 Å². The molecule has 0 bridgehead atoms. The Labute approximate surface area is 168 Å². The molecule has 4 aromatic rings. The van der Waals surface area contributed by atoms with Crippen LogP contribution in [0.2, 0.25) is 0 Å². The Kier molecular flexibility index (Phi) is 5.59. The van der Waals surface area contributed by atoms with Crippen molar-refractivity contribution in [2.24, 2.45) is 0 Å². The third-order valence-electron chi connectivity index (χ3n) is 4.87. The lowest BCUT2D eigenvalue weighted by molar-refractivity contribution is 0.150. The third-order valence-corrected chi connectivity index (χ3v) is 4.87. The van der Waals surface area contributed by atoms with Gasteiger partial charge in [0, 0.05) is 31.1 Å². The summed E-state index contributed by atoms with van der Waals surface area (Å²) in [6.07, 6.45) is 0. The van der Waals surface area contributed by atoms with Gasteiger partial charge in [0.15, 0.2) is 5.69 Å². The SMILES string of the molecule is COCCN(C)CCOc1ccc2[nH]c(-c3nc4ccccc4[nH]c3=O)cc2c1. The van der Waals surface area contributed by atoms with Crippen molar-refractivity contribution in [3.8, 4) is 17.1 Å². The van der Waals surface area contributed by atoms with E-state index in [1.807, 2.05) is 55.6 Å². The number of aromatic amines is 2. The molecule has 0 saturated carbocycles. The van der Waals surface area contributed by atoms with Gasteiger partial charge < -0.3 is 24.3 Å². The normalized spacial score (nSPS) is 11.6. The summed E-state index contributed by atoms with van der Waals surface area (Å²) in [5.41, 5.74) is 3.25. The van der Waals surface area contributed by atoms with Crippen molar-refractivity contribution >= 4 is 21.9 Å². The van der Waals surface area contributed by atoms with Gasteiger partial charge >= 0.3 is 0 Å². The van der Waals surface area contributed by atoms with E-state index in [1.165, 1.54) is 0 Å². The second-order valence-corrected chi connectivity index (χ2v) is 7.01. The molecule has 0 aliphatic heterocycles. The van der Waals surface area contributed by atoms with Crippen molar-refractivity contribution in [3.63, 3.8) is 0 Å². The van der Waals surface area contributed by atoms with Crippen molar-refractivity contribution in [3.05, 3.63) is 58.9 Å². The first-order chi connectivity index (χ1) is 14.1. The van der Waals surface area contributed by atoms with Gasteiger partial charge in [-0.15, -0.1) is 0 Å². The average molecular weight is 392 g/mol. The predicted molar refractivity (Wildman–Crippen MR) is 115 cm³/mol. The van der Waals surface area contributed by atoms with Crippen LogP contribution in [0.1, 0.15) is 0 Å². The Bertz CT molecular complexity index is 1180. The number of fused-ring (bicyclic) bond motifs is 2. The molecule has 2 heterocycles. The zero-order valence-corrected chi connectivity index (χ0v) is 16.6. The van der Waals surface area contributed by atoms with Crippen LogP contribution in [-0.4, -0.2) is 60.3 Å². The third kappa shape index (κ3) is 4.31. The minimum Gasteiger partial charge on any atom is -0.492 e. The molecule has 29 heavy (non-hydrogen) atoms. The number of benzene rings is 2. The quantitative estimate of drug-likeness (QED) is 0.482. The van der Waals surface area contributed by atoms with Crippen LogP contribution in [-0.2, 0) is 4.74 Å². The van der Waals surface area contributed by atoms with E-state index >= 15 is 0 Å². The molecule has 2 N–H and O–H groups in total. The molecule has 0 amide bonds. The fraction of sp³-hybridized carbons (Fsp3) is 0.273. The molecule has 0 saturated heterocycles. The molecular weight excluding hydrogens is 368 g/mol. The summed E-state index contributed by atoms with van der Waals surface area (Å²) in [7, 11) is 3.74. The molecule has 7 heteroatoms. The second kappa shape index (κ2) is 8.46. The largest absolute Gasteiger partial charge is 0.492 e. The Hall–Kier alpha value is -3.16. The number of nitrogens with zero attached hydrogens (tertiary/aromatic N) is 2. The van der Waals surface area contributed by atoms with Gasteiger partial charge in [0.2, 0.25) is 0 Å². The van der Waals surface area contributed by atoms with Gasteiger partial charge in [0.25, 0.3) is 5.56 Å². The molecule has 7 nitrogen and oxygen atoms in total. The number of methoxy groups -OCH3 is 1. The van der Waals surface area contributed by atoms with E-state index in [1.54, 1.807) is 7.11 Å². The van der Waals surface area contributed by atoms with E-state index < -0.39 is 0 Å². The summed E-state index contributed by atoms with van der Waals surface area (Å²) >= 11 is 0. The van der Waals surface area contributed by atoms with Crippen LogP contribution < -0.4 is 10.3 Å². The highest BCUT2D eigenvalue weighted by Crippen LogP contribution is 2.25. The highest BCUT2D eigenvalue weighted by molar-refractivity contribution is 5.87. The molecule has 0 atom stereocenters. The summed E-state index contributed by atoms with van der Waals surface area (Å²) in [4.78, 5) is 25.3. The number of H-pyrrole nitrogens is 2. The topological polar surface area (TPSA) is 83.2 Å². The van der Waals surface area contributed by atoms with Gasteiger partial charge in [-0.2, -0.15) is 0 Å². The molecule has 0 aliphatic carbocycles. The average Bonchev–Trinajstić information content (AvgIpc) is 3.15. The number of aromatic nitrogens is 3. The number of para-hydroxylation sites is 2. The molecule has 0 fully saturated rings. The molecular formula is C22H24N4O3. The van der Waals surface area contributed by atoms with Crippen LogP contribution in [0.3, 0.4) is 0 Å². The van der Waals surface area contributed by atoms with Crippen molar-refractivity contribution in [2.45, 2.75) is 0 Å². The summed E-state index contributed by atoms with van der Waals surface area (Å²) in [6, 6.07) is 15.3. The van der Waals surface area contributed by atoms with E-state index in [0.717, 1.165) is 40.8 Å². The first-order valence-electron chi connectivity index (χ1n) is 9.56. The molecule has 0 radical (unpaired) electrons. The summed E-state index contributed by atoms with van der Waals surface area (Å²) in [5.74, 6) is 0.795. The Morgan fingerprint density at radius 2 is 1.83 bits per heavy atom. The summed E-state index contributed by atoms with van der Waals surface area (Å²) in [6.45, 7) is 2.98. The molecule has 0 spiro atoms.